The van der Waals surface area contributed by atoms with Crippen LogP contribution in [0.5, 0.6) is 11.5 Å². The molecule has 1 aliphatic rings. The topological polar surface area (TPSA) is 92.3 Å². The summed E-state index contributed by atoms with van der Waals surface area (Å²) in [4.78, 5) is 10.5. The minimum absolute atomic E-state index is 0.0404. The van der Waals surface area contributed by atoms with Gasteiger partial charge in [0, 0.05) is 17.7 Å². The van der Waals surface area contributed by atoms with E-state index in [1.807, 2.05) is 0 Å². The normalized spacial score (nSPS) is 17.4. The van der Waals surface area contributed by atoms with Gasteiger partial charge in [0.25, 0.3) is 5.69 Å². The molecule has 2 aromatic carbocycles. The molecule has 3 aromatic rings. The van der Waals surface area contributed by atoms with Crippen molar-refractivity contribution in [3.8, 4) is 17.2 Å². The second kappa shape index (κ2) is 15.9. The summed E-state index contributed by atoms with van der Waals surface area (Å²) in [6.07, 6.45) is 15.5. The van der Waals surface area contributed by atoms with Crippen molar-refractivity contribution in [2.24, 2.45) is 17.8 Å². The van der Waals surface area contributed by atoms with Crippen molar-refractivity contribution >= 4 is 5.69 Å². The van der Waals surface area contributed by atoms with Gasteiger partial charge in [-0.2, -0.15) is 0 Å². The molecule has 0 saturated carbocycles. The molecule has 8 nitrogen and oxygen atoms in total. The summed E-state index contributed by atoms with van der Waals surface area (Å²) in [7, 11) is 0. The summed E-state index contributed by atoms with van der Waals surface area (Å²) in [6.45, 7) is 18.5. The lowest BCUT2D eigenvalue weighted by molar-refractivity contribution is -0.384. The maximum absolute atomic E-state index is 11.0. The average Bonchev–Trinajstić information content (AvgIpc) is 3.49. The highest BCUT2D eigenvalue weighted by molar-refractivity contribution is 5.59. The average molecular weight is 633 g/mol. The SMILES string of the molecule is Cc1c(C)c2c(c(C)c1OCc1cn(-c3ccc([N+](=O)[O-])cc3)nn1)CC[C@@](C)(CCC[C@H](C)CCC[C@H](C)CCCC(C)C)O2. The van der Waals surface area contributed by atoms with E-state index >= 15 is 0 Å². The lowest BCUT2D eigenvalue weighted by Crippen LogP contribution is -2.37. The number of benzene rings is 2. The number of aromatic nitrogens is 3. The smallest absolute Gasteiger partial charge is 0.269 e. The first-order chi connectivity index (χ1) is 21.9. The van der Waals surface area contributed by atoms with Gasteiger partial charge in [0.1, 0.15) is 29.4 Å². The molecule has 3 atom stereocenters. The fourth-order valence-corrected chi connectivity index (χ4v) is 6.84. The van der Waals surface area contributed by atoms with Crippen LogP contribution >= 0.6 is 0 Å². The number of hydrogen-bond donors (Lipinski definition) is 0. The fraction of sp³-hybridized carbons (Fsp3) is 0.632. The van der Waals surface area contributed by atoms with Crippen molar-refractivity contribution in [1.82, 2.24) is 15.0 Å². The Morgan fingerprint density at radius 2 is 1.57 bits per heavy atom. The van der Waals surface area contributed by atoms with E-state index in [4.69, 9.17) is 9.47 Å². The van der Waals surface area contributed by atoms with Gasteiger partial charge in [-0.15, -0.1) is 5.10 Å². The van der Waals surface area contributed by atoms with E-state index in [0.29, 0.717) is 11.4 Å². The molecule has 0 unspecified atom stereocenters. The van der Waals surface area contributed by atoms with Crippen LogP contribution in [-0.4, -0.2) is 25.5 Å². The molecule has 252 valence electrons. The first-order valence-electron chi connectivity index (χ1n) is 17.5. The predicted molar refractivity (Wildman–Crippen MR) is 185 cm³/mol. The molecule has 4 rings (SSSR count). The van der Waals surface area contributed by atoms with Crippen LogP contribution in [0, 0.1) is 48.6 Å². The Morgan fingerprint density at radius 1 is 0.935 bits per heavy atom. The summed E-state index contributed by atoms with van der Waals surface area (Å²) in [5, 5.41) is 19.4. The van der Waals surface area contributed by atoms with Crippen molar-refractivity contribution in [2.45, 2.75) is 138 Å². The van der Waals surface area contributed by atoms with Crippen LogP contribution in [0.4, 0.5) is 5.69 Å². The second-order valence-electron chi connectivity index (χ2n) is 14.6. The predicted octanol–water partition coefficient (Wildman–Crippen LogP) is 10.2. The molecule has 0 bridgehead atoms. The van der Waals surface area contributed by atoms with Gasteiger partial charge in [-0.05, 0) is 100.0 Å². The Balaban J connectivity index is 1.28. The van der Waals surface area contributed by atoms with E-state index < -0.39 is 4.92 Å². The van der Waals surface area contributed by atoms with Gasteiger partial charge in [0.05, 0.1) is 16.8 Å². The molecule has 0 aliphatic carbocycles. The molecule has 1 aromatic heterocycles. The van der Waals surface area contributed by atoms with Crippen molar-refractivity contribution in [2.75, 3.05) is 0 Å². The zero-order chi connectivity index (χ0) is 33.4. The van der Waals surface area contributed by atoms with E-state index in [2.05, 4.69) is 65.7 Å². The highest BCUT2D eigenvalue weighted by Gasteiger charge is 2.34. The number of nitrogens with zero attached hydrogens (tertiary/aromatic N) is 4. The van der Waals surface area contributed by atoms with Crippen LogP contribution in [0.2, 0.25) is 0 Å². The standard InChI is InChI=1S/C38H56N4O4/c1-26(2)12-9-13-27(3)14-10-15-28(4)16-11-22-38(8)23-21-35-31(7)36(29(5)30(6)37(35)46-38)45-25-32-24-41(40-39-32)33-17-19-34(20-18-33)42(43)44/h17-20,24,26-28H,9-16,21-23,25H2,1-8H3/t27-,28-,38-/m1/s1. The summed E-state index contributed by atoms with van der Waals surface area (Å²) >= 11 is 0. The third-order valence-corrected chi connectivity index (χ3v) is 10.1. The van der Waals surface area contributed by atoms with Gasteiger partial charge in [-0.1, -0.05) is 77.9 Å². The van der Waals surface area contributed by atoms with Crippen molar-refractivity contribution < 1.29 is 14.4 Å². The van der Waals surface area contributed by atoms with Crippen LogP contribution in [0.3, 0.4) is 0 Å². The van der Waals surface area contributed by atoms with Crippen molar-refractivity contribution in [3.63, 3.8) is 0 Å². The Hall–Kier alpha value is -3.42. The van der Waals surface area contributed by atoms with Gasteiger partial charge >= 0.3 is 0 Å². The number of rotatable bonds is 17. The Kier molecular flexibility index (Phi) is 12.3. The molecular weight excluding hydrogens is 576 g/mol. The summed E-state index contributed by atoms with van der Waals surface area (Å²) in [5.41, 5.74) is 5.91. The van der Waals surface area contributed by atoms with Crippen molar-refractivity contribution in [1.29, 1.82) is 0 Å². The van der Waals surface area contributed by atoms with Gasteiger partial charge in [-0.25, -0.2) is 4.68 Å². The largest absolute Gasteiger partial charge is 0.487 e. The molecule has 8 heteroatoms. The number of nitro groups is 1. The van der Waals surface area contributed by atoms with E-state index in [9.17, 15) is 10.1 Å². The molecule has 0 saturated heterocycles. The highest BCUT2D eigenvalue weighted by atomic mass is 16.6. The number of non-ortho nitro benzene ring substituents is 1. The molecule has 0 spiro atoms. The maximum Gasteiger partial charge on any atom is 0.269 e. The lowest BCUT2D eigenvalue weighted by Gasteiger charge is -2.38. The van der Waals surface area contributed by atoms with E-state index in [1.54, 1.807) is 23.0 Å². The quantitative estimate of drug-likeness (QED) is 0.109. The van der Waals surface area contributed by atoms with Gasteiger partial charge in [0.2, 0.25) is 0 Å². The number of hydrogen-bond acceptors (Lipinski definition) is 6. The highest BCUT2D eigenvalue weighted by Crippen LogP contribution is 2.45. The zero-order valence-electron chi connectivity index (χ0n) is 29.5. The minimum atomic E-state index is -0.415. The van der Waals surface area contributed by atoms with Crippen LogP contribution in [-0.2, 0) is 13.0 Å². The summed E-state index contributed by atoms with van der Waals surface area (Å²) < 4.78 is 14.8. The molecule has 0 N–H and O–H groups in total. The summed E-state index contributed by atoms with van der Waals surface area (Å²) in [6, 6.07) is 6.24. The second-order valence-corrected chi connectivity index (χ2v) is 14.6. The van der Waals surface area contributed by atoms with Gasteiger partial charge < -0.3 is 9.47 Å². The Bertz CT molecular complexity index is 1450. The number of fused-ring (bicyclic) bond motifs is 1. The maximum atomic E-state index is 11.0. The van der Waals surface area contributed by atoms with Gasteiger partial charge in [-0.3, -0.25) is 10.1 Å². The minimum Gasteiger partial charge on any atom is -0.487 e. The summed E-state index contributed by atoms with van der Waals surface area (Å²) in [5.74, 6) is 4.37. The third kappa shape index (κ3) is 9.32. The zero-order valence-corrected chi connectivity index (χ0v) is 29.5. The molecule has 0 fully saturated rings. The van der Waals surface area contributed by atoms with E-state index in [-0.39, 0.29) is 17.9 Å². The van der Waals surface area contributed by atoms with Crippen LogP contribution in [0.1, 0.15) is 127 Å². The first-order valence-corrected chi connectivity index (χ1v) is 17.5. The number of nitro benzene ring substituents is 1. The lowest BCUT2D eigenvalue weighted by atomic mass is 9.83. The van der Waals surface area contributed by atoms with E-state index in [0.717, 1.165) is 65.2 Å². The Labute approximate surface area is 276 Å². The first kappa shape index (κ1) is 35.4. The molecule has 0 amide bonds. The molecule has 2 heterocycles. The number of ether oxygens (including phenoxy) is 2. The van der Waals surface area contributed by atoms with Gasteiger partial charge in [0.15, 0.2) is 0 Å². The van der Waals surface area contributed by atoms with Crippen LogP contribution in [0.25, 0.3) is 5.69 Å². The van der Waals surface area contributed by atoms with E-state index in [1.165, 1.54) is 69.1 Å². The van der Waals surface area contributed by atoms with Crippen LogP contribution in [0.15, 0.2) is 30.5 Å². The molecular formula is C38H56N4O4. The third-order valence-electron chi connectivity index (χ3n) is 10.1. The van der Waals surface area contributed by atoms with Crippen LogP contribution < -0.4 is 9.47 Å². The fourth-order valence-electron chi connectivity index (χ4n) is 6.84. The molecule has 46 heavy (non-hydrogen) atoms. The molecule has 0 radical (unpaired) electrons. The van der Waals surface area contributed by atoms with Crippen molar-refractivity contribution in [3.05, 3.63) is 68.5 Å². The Morgan fingerprint density at radius 3 is 2.20 bits per heavy atom. The monoisotopic (exact) mass is 632 g/mol. The molecule has 1 aliphatic heterocycles.